The quantitative estimate of drug-likeness (QED) is 0.494. The summed E-state index contributed by atoms with van der Waals surface area (Å²) >= 11 is 5.90. The van der Waals surface area contributed by atoms with E-state index in [0.29, 0.717) is 10.5 Å². The van der Waals surface area contributed by atoms with Gasteiger partial charge in [-0.2, -0.15) is 0 Å². The number of benzene rings is 1. The van der Waals surface area contributed by atoms with Gasteiger partial charge in [-0.05, 0) is 11.4 Å². The fraction of sp³-hybridized carbons (Fsp3) is 0. The number of carbonyl (C=O) groups excluding carboxylic acids is 1. The molecule has 0 spiro atoms. The second-order valence-corrected chi connectivity index (χ2v) is 4.67. The Balaban J connectivity index is 2.22. The van der Waals surface area contributed by atoms with E-state index in [-0.39, 0.29) is 5.78 Å². The van der Waals surface area contributed by atoms with E-state index in [0.717, 1.165) is 4.88 Å². The number of hydrogen-bond acceptors (Lipinski definition) is 3. The number of thiophene rings is 1. The van der Waals surface area contributed by atoms with Crippen LogP contribution in [0.2, 0.25) is 0 Å². The van der Waals surface area contributed by atoms with E-state index >= 15 is 0 Å². The third kappa shape index (κ3) is 2.62. The molecule has 0 fully saturated rings. The number of allylic oxidation sites excluding steroid dienone is 1. The lowest BCUT2D eigenvalue weighted by Crippen LogP contribution is -1.93. The van der Waals surface area contributed by atoms with Crippen LogP contribution in [0.5, 0.6) is 0 Å². The summed E-state index contributed by atoms with van der Waals surface area (Å²) in [5.74, 6) is -0.0148. The van der Waals surface area contributed by atoms with Gasteiger partial charge in [0, 0.05) is 21.4 Å². The minimum absolute atomic E-state index is 0.0148. The van der Waals surface area contributed by atoms with Crippen molar-refractivity contribution in [3.8, 4) is 0 Å². The van der Waals surface area contributed by atoms with Crippen LogP contribution in [0, 0.1) is 0 Å². The minimum atomic E-state index is -0.0148. The molecule has 0 bridgehead atoms. The zero-order valence-electron chi connectivity index (χ0n) is 8.46. The maximum atomic E-state index is 11.8. The highest BCUT2D eigenvalue weighted by Crippen LogP contribution is 2.23. The van der Waals surface area contributed by atoms with Crippen molar-refractivity contribution >= 4 is 34.7 Å². The molecule has 0 aliphatic heterocycles. The highest BCUT2D eigenvalue weighted by atomic mass is 32.1. The summed E-state index contributed by atoms with van der Waals surface area (Å²) in [6, 6.07) is 13.1. The van der Waals surface area contributed by atoms with E-state index < -0.39 is 0 Å². The molecule has 2 rings (SSSR count). The third-order valence-electron chi connectivity index (χ3n) is 2.10. The van der Waals surface area contributed by atoms with Crippen LogP contribution in [0.15, 0.2) is 53.9 Å². The van der Waals surface area contributed by atoms with E-state index in [2.05, 4.69) is 12.6 Å². The van der Waals surface area contributed by atoms with Crippen molar-refractivity contribution < 1.29 is 4.79 Å². The Kier molecular flexibility index (Phi) is 3.59. The normalized spacial score (nSPS) is 11.4. The predicted molar refractivity (Wildman–Crippen MR) is 72.1 cm³/mol. The lowest BCUT2D eigenvalue weighted by Gasteiger charge is -1.97. The molecule has 80 valence electrons. The smallest absolute Gasteiger partial charge is 0.186 e. The van der Waals surface area contributed by atoms with Gasteiger partial charge in [0.05, 0.1) is 0 Å². The maximum absolute atomic E-state index is 11.8. The highest BCUT2D eigenvalue weighted by molar-refractivity contribution is 7.90. The van der Waals surface area contributed by atoms with Crippen molar-refractivity contribution in [3.63, 3.8) is 0 Å². The Bertz CT molecular complexity index is 498. The number of hydrogen-bond donors (Lipinski definition) is 1. The van der Waals surface area contributed by atoms with Crippen molar-refractivity contribution in [2.24, 2.45) is 0 Å². The van der Waals surface area contributed by atoms with Gasteiger partial charge in [0.15, 0.2) is 5.78 Å². The summed E-state index contributed by atoms with van der Waals surface area (Å²) in [7, 11) is 0. The van der Waals surface area contributed by atoms with Crippen LogP contribution in [-0.4, -0.2) is 5.78 Å². The summed E-state index contributed by atoms with van der Waals surface area (Å²) in [6.45, 7) is 0. The molecule has 0 saturated heterocycles. The molecular formula is C13H10OS2. The van der Waals surface area contributed by atoms with Crippen LogP contribution < -0.4 is 0 Å². The number of carbonyl (C=O) groups is 1. The van der Waals surface area contributed by atoms with Crippen LogP contribution in [0.25, 0.3) is 4.91 Å². The average Bonchev–Trinajstić information content (AvgIpc) is 2.83. The lowest BCUT2D eigenvalue weighted by atomic mass is 10.1. The minimum Gasteiger partial charge on any atom is -0.289 e. The Labute approximate surface area is 104 Å². The maximum Gasteiger partial charge on any atom is 0.186 e. The number of rotatable bonds is 3. The van der Waals surface area contributed by atoms with E-state index in [1.54, 1.807) is 29.5 Å². The molecular weight excluding hydrogens is 236 g/mol. The Morgan fingerprint density at radius 3 is 2.50 bits per heavy atom. The first-order valence-corrected chi connectivity index (χ1v) is 6.14. The third-order valence-corrected chi connectivity index (χ3v) is 3.52. The van der Waals surface area contributed by atoms with Crippen LogP contribution >= 0.6 is 24.0 Å². The summed E-state index contributed by atoms with van der Waals surface area (Å²) in [4.78, 5) is 13.5. The number of ketones is 1. The van der Waals surface area contributed by atoms with E-state index in [1.165, 1.54) is 0 Å². The SMILES string of the molecule is O=C(C=C(S)c1cccs1)c1ccccc1. The van der Waals surface area contributed by atoms with Gasteiger partial charge in [-0.1, -0.05) is 36.4 Å². The molecule has 0 atom stereocenters. The molecule has 0 aliphatic rings. The molecule has 0 aliphatic carbocycles. The molecule has 0 amide bonds. The zero-order valence-corrected chi connectivity index (χ0v) is 10.2. The summed E-state index contributed by atoms with van der Waals surface area (Å²) in [6.07, 6.45) is 1.56. The monoisotopic (exact) mass is 246 g/mol. The van der Waals surface area contributed by atoms with Crippen LogP contribution in [0.1, 0.15) is 15.2 Å². The molecule has 1 nitrogen and oxygen atoms in total. The molecule has 3 heteroatoms. The molecule has 0 saturated carbocycles. The summed E-state index contributed by atoms with van der Waals surface area (Å²) in [5, 5.41) is 1.96. The van der Waals surface area contributed by atoms with Crippen molar-refractivity contribution in [1.29, 1.82) is 0 Å². The first-order chi connectivity index (χ1) is 7.77. The Morgan fingerprint density at radius 1 is 1.12 bits per heavy atom. The van der Waals surface area contributed by atoms with Gasteiger partial charge < -0.3 is 0 Å². The van der Waals surface area contributed by atoms with Gasteiger partial charge in [0.1, 0.15) is 0 Å². The van der Waals surface area contributed by atoms with E-state index in [9.17, 15) is 4.79 Å². The van der Waals surface area contributed by atoms with Crippen molar-refractivity contribution in [1.82, 2.24) is 0 Å². The first-order valence-electron chi connectivity index (χ1n) is 4.81. The fourth-order valence-electron chi connectivity index (χ4n) is 1.31. The van der Waals surface area contributed by atoms with E-state index in [1.807, 2.05) is 35.7 Å². The molecule has 1 heterocycles. The average molecular weight is 246 g/mol. The van der Waals surface area contributed by atoms with Crippen LogP contribution in [0.3, 0.4) is 0 Å². The number of thiol groups is 1. The van der Waals surface area contributed by atoms with Crippen molar-refractivity contribution in [2.45, 2.75) is 0 Å². The molecule has 0 radical (unpaired) electrons. The topological polar surface area (TPSA) is 17.1 Å². The second kappa shape index (κ2) is 5.14. The van der Waals surface area contributed by atoms with Crippen molar-refractivity contribution in [2.75, 3.05) is 0 Å². The molecule has 1 aromatic heterocycles. The standard InChI is InChI=1S/C13H10OS2/c14-11(10-5-2-1-3-6-10)9-12(15)13-7-4-8-16-13/h1-9,15H. The molecule has 16 heavy (non-hydrogen) atoms. The largest absolute Gasteiger partial charge is 0.289 e. The molecule has 0 unspecified atom stereocenters. The lowest BCUT2D eigenvalue weighted by molar-refractivity contribution is 0.104. The predicted octanol–water partition coefficient (Wildman–Crippen LogP) is 3.90. The Morgan fingerprint density at radius 2 is 1.88 bits per heavy atom. The molecule has 0 N–H and O–H groups in total. The van der Waals surface area contributed by atoms with Gasteiger partial charge in [-0.25, -0.2) is 0 Å². The van der Waals surface area contributed by atoms with E-state index in [4.69, 9.17) is 0 Å². The first kappa shape index (κ1) is 11.2. The highest BCUT2D eigenvalue weighted by Gasteiger charge is 2.04. The summed E-state index contributed by atoms with van der Waals surface area (Å²) in [5.41, 5.74) is 0.686. The molecule has 1 aromatic carbocycles. The van der Waals surface area contributed by atoms with Gasteiger partial charge >= 0.3 is 0 Å². The summed E-state index contributed by atoms with van der Waals surface area (Å²) < 4.78 is 0. The van der Waals surface area contributed by atoms with Crippen molar-refractivity contribution in [3.05, 3.63) is 64.4 Å². The van der Waals surface area contributed by atoms with Gasteiger partial charge in [-0.3, -0.25) is 4.79 Å². The fourth-order valence-corrected chi connectivity index (χ4v) is 2.30. The molecule has 2 aromatic rings. The van der Waals surface area contributed by atoms with Crippen LogP contribution in [-0.2, 0) is 0 Å². The van der Waals surface area contributed by atoms with Crippen LogP contribution in [0.4, 0.5) is 0 Å². The van der Waals surface area contributed by atoms with Gasteiger partial charge in [0.25, 0.3) is 0 Å². The zero-order chi connectivity index (χ0) is 11.4. The van der Waals surface area contributed by atoms with Gasteiger partial charge in [-0.15, -0.1) is 24.0 Å². The second-order valence-electron chi connectivity index (χ2n) is 3.24. The Hall–Kier alpha value is -1.32. The van der Waals surface area contributed by atoms with Gasteiger partial charge in [0.2, 0.25) is 0 Å².